The highest BCUT2D eigenvalue weighted by Gasteiger charge is 2.08. The van der Waals surface area contributed by atoms with Gasteiger partial charge in [0.2, 0.25) is 0 Å². The van der Waals surface area contributed by atoms with Crippen LogP contribution in [0.5, 0.6) is 0 Å². The number of rotatable bonds is 3. The first-order valence-electron chi connectivity index (χ1n) is 6.41. The van der Waals surface area contributed by atoms with Crippen molar-refractivity contribution in [1.82, 2.24) is 20.2 Å². The number of tetrazole rings is 1. The van der Waals surface area contributed by atoms with Gasteiger partial charge in [0.05, 0.1) is 5.69 Å². The lowest BCUT2D eigenvalue weighted by Crippen LogP contribution is -2.03. The second-order valence-electron chi connectivity index (χ2n) is 4.75. The van der Waals surface area contributed by atoms with E-state index in [1.165, 1.54) is 11.1 Å². The highest BCUT2D eigenvalue weighted by atomic mass is 15.6. The van der Waals surface area contributed by atoms with E-state index in [9.17, 15) is 0 Å². The van der Waals surface area contributed by atoms with Crippen LogP contribution >= 0.6 is 0 Å². The van der Waals surface area contributed by atoms with Gasteiger partial charge in [-0.15, -0.1) is 0 Å². The van der Waals surface area contributed by atoms with Crippen LogP contribution in [0.4, 0.5) is 11.6 Å². The molecule has 5 nitrogen and oxygen atoms in total. The molecule has 0 spiro atoms. The molecule has 1 aromatic heterocycles. The summed E-state index contributed by atoms with van der Waals surface area (Å²) in [5.74, 6) is 0.598. The van der Waals surface area contributed by atoms with Gasteiger partial charge < -0.3 is 5.32 Å². The molecule has 100 valence electrons. The Bertz CT molecular complexity index is 732. The fourth-order valence-corrected chi connectivity index (χ4v) is 2.05. The van der Waals surface area contributed by atoms with Crippen molar-refractivity contribution in [1.29, 1.82) is 0 Å². The SMILES string of the molecule is Cc1cccc(Nc2nnnn2-c2cccc(C)c2)c1. The van der Waals surface area contributed by atoms with E-state index in [1.807, 2.05) is 43.3 Å². The summed E-state index contributed by atoms with van der Waals surface area (Å²) in [6.45, 7) is 4.09. The first-order chi connectivity index (χ1) is 9.72. The topological polar surface area (TPSA) is 55.6 Å². The van der Waals surface area contributed by atoms with Crippen molar-refractivity contribution in [3.8, 4) is 5.69 Å². The summed E-state index contributed by atoms with van der Waals surface area (Å²) < 4.78 is 1.69. The van der Waals surface area contributed by atoms with Crippen molar-refractivity contribution in [2.75, 3.05) is 5.32 Å². The molecule has 0 atom stereocenters. The Morgan fingerprint density at radius 2 is 1.70 bits per heavy atom. The van der Waals surface area contributed by atoms with Gasteiger partial charge in [-0.2, -0.15) is 4.68 Å². The van der Waals surface area contributed by atoms with E-state index in [2.05, 4.69) is 39.9 Å². The monoisotopic (exact) mass is 265 g/mol. The molecule has 0 unspecified atom stereocenters. The second-order valence-corrected chi connectivity index (χ2v) is 4.75. The Hall–Kier alpha value is -2.69. The van der Waals surface area contributed by atoms with E-state index < -0.39 is 0 Å². The van der Waals surface area contributed by atoms with Crippen LogP contribution < -0.4 is 5.32 Å². The molecule has 0 bridgehead atoms. The summed E-state index contributed by atoms with van der Waals surface area (Å²) in [7, 11) is 0. The summed E-state index contributed by atoms with van der Waals surface area (Å²) in [6, 6.07) is 16.1. The minimum atomic E-state index is 0.598. The number of hydrogen-bond acceptors (Lipinski definition) is 4. The van der Waals surface area contributed by atoms with Crippen LogP contribution in [0.3, 0.4) is 0 Å². The summed E-state index contributed by atoms with van der Waals surface area (Å²) in [4.78, 5) is 0. The Morgan fingerprint density at radius 3 is 2.45 bits per heavy atom. The number of anilines is 2. The molecule has 0 aliphatic carbocycles. The van der Waals surface area contributed by atoms with E-state index in [0.29, 0.717) is 5.95 Å². The third-order valence-corrected chi connectivity index (χ3v) is 2.99. The molecule has 1 N–H and O–H groups in total. The van der Waals surface area contributed by atoms with Gasteiger partial charge in [-0.25, -0.2) is 0 Å². The van der Waals surface area contributed by atoms with E-state index in [-0.39, 0.29) is 0 Å². The molecule has 1 heterocycles. The molecule has 5 heteroatoms. The molecule has 0 aliphatic rings. The molecule has 0 fully saturated rings. The zero-order valence-corrected chi connectivity index (χ0v) is 11.4. The largest absolute Gasteiger partial charge is 0.323 e. The molecule has 0 amide bonds. The molecule has 20 heavy (non-hydrogen) atoms. The summed E-state index contributed by atoms with van der Waals surface area (Å²) in [5.41, 5.74) is 4.25. The van der Waals surface area contributed by atoms with Gasteiger partial charge in [-0.05, 0) is 59.7 Å². The summed E-state index contributed by atoms with van der Waals surface area (Å²) in [5, 5.41) is 15.1. The molecule has 2 aromatic carbocycles. The first kappa shape index (κ1) is 12.3. The lowest BCUT2D eigenvalue weighted by atomic mass is 10.2. The summed E-state index contributed by atoms with van der Waals surface area (Å²) >= 11 is 0. The van der Waals surface area contributed by atoms with Crippen LogP contribution in [-0.4, -0.2) is 20.2 Å². The third-order valence-electron chi connectivity index (χ3n) is 2.99. The predicted molar refractivity (Wildman–Crippen MR) is 78.4 cm³/mol. The molecule has 0 radical (unpaired) electrons. The number of nitrogens with one attached hydrogen (secondary N) is 1. The highest BCUT2D eigenvalue weighted by Crippen LogP contribution is 2.18. The first-order valence-corrected chi connectivity index (χ1v) is 6.41. The van der Waals surface area contributed by atoms with Crippen LogP contribution in [0, 0.1) is 13.8 Å². The van der Waals surface area contributed by atoms with Gasteiger partial charge in [0.1, 0.15) is 0 Å². The Morgan fingerprint density at radius 1 is 0.950 bits per heavy atom. The number of benzene rings is 2. The second kappa shape index (κ2) is 5.13. The van der Waals surface area contributed by atoms with Crippen molar-refractivity contribution < 1.29 is 0 Å². The Labute approximate surface area is 117 Å². The van der Waals surface area contributed by atoms with Crippen LogP contribution in [0.1, 0.15) is 11.1 Å². The van der Waals surface area contributed by atoms with Gasteiger partial charge in [0, 0.05) is 5.69 Å². The standard InChI is InChI=1S/C15H15N5/c1-11-5-3-7-13(9-11)16-15-17-18-19-20(15)14-8-4-6-12(2)10-14/h3-10H,1-2H3,(H,16,17,19). The quantitative estimate of drug-likeness (QED) is 0.791. The zero-order valence-electron chi connectivity index (χ0n) is 11.4. The van der Waals surface area contributed by atoms with Gasteiger partial charge >= 0.3 is 0 Å². The number of aryl methyl sites for hydroxylation is 2. The van der Waals surface area contributed by atoms with Gasteiger partial charge in [-0.3, -0.25) is 0 Å². The average Bonchev–Trinajstić information content (AvgIpc) is 2.87. The number of hydrogen-bond donors (Lipinski definition) is 1. The molecule has 0 saturated heterocycles. The highest BCUT2D eigenvalue weighted by molar-refractivity contribution is 5.55. The third kappa shape index (κ3) is 2.51. The fourth-order valence-electron chi connectivity index (χ4n) is 2.05. The van der Waals surface area contributed by atoms with Crippen LogP contribution in [0.2, 0.25) is 0 Å². The van der Waals surface area contributed by atoms with Crippen molar-refractivity contribution in [3.05, 3.63) is 59.7 Å². The van der Waals surface area contributed by atoms with Crippen molar-refractivity contribution >= 4 is 11.6 Å². The van der Waals surface area contributed by atoms with E-state index in [1.54, 1.807) is 4.68 Å². The van der Waals surface area contributed by atoms with Crippen LogP contribution in [0.25, 0.3) is 5.69 Å². The number of aromatic nitrogens is 4. The maximum absolute atomic E-state index is 4.04. The smallest absolute Gasteiger partial charge is 0.252 e. The lowest BCUT2D eigenvalue weighted by molar-refractivity contribution is 0.791. The Balaban J connectivity index is 1.94. The van der Waals surface area contributed by atoms with Gasteiger partial charge in [0.15, 0.2) is 0 Å². The van der Waals surface area contributed by atoms with Gasteiger partial charge in [0.25, 0.3) is 5.95 Å². The molecular formula is C15H15N5. The van der Waals surface area contributed by atoms with E-state index in [4.69, 9.17) is 0 Å². The maximum Gasteiger partial charge on any atom is 0.252 e. The molecule has 0 aliphatic heterocycles. The van der Waals surface area contributed by atoms with Crippen molar-refractivity contribution in [2.45, 2.75) is 13.8 Å². The molecule has 0 saturated carbocycles. The maximum atomic E-state index is 4.04. The van der Waals surface area contributed by atoms with Crippen LogP contribution in [-0.2, 0) is 0 Å². The predicted octanol–water partition coefficient (Wildman–Crippen LogP) is 3.02. The lowest BCUT2D eigenvalue weighted by Gasteiger charge is -2.08. The minimum Gasteiger partial charge on any atom is -0.323 e. The zero-order chi connectivity index (χ0) is 13.9. The van der Waals surface area contributed by atoms with Crippen LogP contribution in [0.15, 0.2) is 48.5 Å². The fraction of sp³-hybridized carbons (Fsp3) is 0.133. The molecular weight excluding hydrogens is 250 g/mol. The molecule has 3 aromatic rings. The summed E-state index contributed by atoms with van der Waals surface area (Å²) in [6.07, 6.45) is 0. The molecule has 3 rings (SSSR count). The Kier molecular flexibility index (Phi) is 3.16. The number of nitrogens with zero attached hydrogens (tertiary/aromatic N) is 4. The average molecular weight is 265 g/mol. The minimum absolute atomic E-state index is 0.598. The normalized spacial score (nSPS) is 10.5. The van der Waals surface area contributed by atoms with Gasteiger partial charge in [-0.1, -0.05) is 29.4 Å². The van der Waals surface area contributed by atoms with Crippen molar-refractivity contribution in [2.24, 2.45) is 0 Å². The van der Waals surface area contributed by atoms with Crippen molar-refractivity contribution in [3.63, 3.8) is 0 Å². The van der Waals surface area contributed by atoms with E-state index in [0.717, 1.165) is 11.4 Å². The van der Waals surface area contributed by atoms with E-state index >= 15 is 0 Å².